The van der Waals surface area contributed by atoms with Crippen LogP contribution in [0.5, 0.6) is 0 Å². The number of azide groups is 1. The van der Waals surface area contributed by atoms with Crippen LogP contribution in [0.25, 0.3) is 21.6 Å². The third-order valence-corrected chi connectivity index (χ3v) is 4.80. The Morgan fingerprint density at radius 2 is 1.91 bits per heavy atom. The number of nitrogens with two attached hydrogens (primary N) is 2. The molecule has 0 aliphatic rings. The summed E-state index contributed by atoms with van der Waals surface area (Å²) in [6, 6.07) is 5.77. The summed E-state index contributed by atoms with van der Waals surface area (Å²) in [5, 5.41) is 15.1. The Kier molecular flexibility index (Phi) is 7.50. The summed E-state index contributed by atoms with van der Waals surface area (Å²) >= 11 is 0. The van der Waals surface area contributed by atoms with E-state index in [4.69, 9.17) is 17.0 Å². The highest BCUT2D eigenvalue weighted by molar-refractivity contribution is 5.96. The van der Waals surface area contributed by atoms with Crippen molar-refractivity contribution in [2.24, 2.45) is 5.11 Å². The normalized spacial score (nSPS) is 11.5. The fourth-order valence-corrected chi connectivity index (χ4v) is 3.11. The van der Waals surface area contributed by atoms with Crippen LogP contribution in [0.15, 0.2) is 35.6 Å². The van der Waals surface area contributed by atoms with E-state index >= 15 is 0 Å². The molecule has 33 heavy (non-hydrogen) atoms. The summed E-state index contributed by atoms with van der Waals surface area (Å²) in [6.07, 6.45) is 3.32. The van der Waals surface area contributed by atoms with E-state index in [-0.39, 0.29) is 24.7 Å². The number of amides is 1. The molecule has 0 radical (unpaired) electrons. The number of nitrogen functional groups attached to an aromatic ring is 2. The number of aryl methyl sites for hydroxylation is 2. The lowest BCUT2D eigenvalue weighted by Gasteiger charge is -2.14. The maximum Gasteiger partial charge on any atom is 0.326 e. The van der Waals surface area contributed by atoms with E-state index in [1.165, 1.54) is 0 Å². The summed E-state index contributed by atoms with van der Waals surface area (Å²) in [6.45, 7) is 0.167. The lowest BCUT2D eigenvalue weighted by Crippen LogP contribution is -2.40. The third kappa shape index (κ3) is 6.24. The number of aliphatic carboxylic acids is 1. The molecule has 6 N–H and O–H groups in total. The van der Waals surface area contributed by atoms with E-state index in [9.17, 15) is 14.7 Å². The largest absolute Gasteiger partial charge is 0.480 e. The lowest BCUT2D eigenvalue weighted by atomic mass is 10.1. The zero-order valence-electron chi connectivity index (χ0n) is 17.5. The number of nitrogens with zero attached hydrogens (tertiary/aromatic N) is 7. The molecule has 1 aromatic carbocycles. The number of hydrogen-bond donors (Lipinski definition) is 4. The van der Waals surface area contributed by atoms with Crippen LogP contribution in [0, 0.1) is 0 Å². The Balaban J connectivity index is 1.59. The topological polar surface area (TPSA) is 219 Å². The van der Waals surface area contributed by atoms with E-state index in [1.54, 1.807) is 30.5 Å². The molecule has 0 bridgehead atoms. The number of nitrogens with one attached hydrogen (secondary N) is 1. The van der Waals surface area contributed by atoms with Crippen molar-refractivity contribution in [1.29, 1.82) is 0 Å². The Hall–Kier alpha value is -4.51. The number of carbonyl (C=O) groups excluding carboxylic acids is 1. The molecule has 0 unspecified atom stereocenters. The number of aromatic nitrogens is 4. The van der Waals surface area contributed by atoms with E-state index in [1.807, 2.05) is 0 Å². The van der Waals surface area contributed by atoms with Gasteiger partial charge in [-0.05, 0) is 48.9 Å². The van der Waals surface area contributed by atoms with Gasteiger partial charge in [0.1, 0.15) is 6.04 Å². The molecule has 13 heteroatoms. The minimum absolute atomic E-state index is 0.0361. The van der Waals surface area contributed by atoms with Crippen molar-refractivity contribution in [3.63, 3.8) is 0 Å². The smallest absolute Gasteiger partial charge is 0.326 e. The summed E-state index contributed by atoms with van der Waals surface area (Å²) < 4.78 is 0. The van der Waals surface area contributed by atoms with Gasteiger partial charge in [0, 0.05) is 17.0 Å². The first-order chi connectivity index (χ1) is 15.9. The molecular formula is C20H22N10O3. The second kappa shape index (κ2) is 10.7. The molecule has 0 fully saturated rings. The van der Waals surface area contributed by atoms with Crippen LogP contribution in [0.2, 0.25) is 0 Å². The van der Waals surface area contributed by atoms with Gasteiger partial charge in [-0.3, -0.25) is 4.79 Å². The fraction of sp³-hybridized carbons (Fsp3) is 0.300. The number of carboxylic acids is 1. The fourth-order valence-electron chi connectivity index (χ4n) is 3.11. The quantitative estimate of drug-likeness (QED) is 0.152. The molecule has 13 nitrogen and oxygen atoms in total. The van der Waals surface area contributed by atoms with E-state index in [0.29, 0.717) is 41.7 Å². The van der Waals surface area contributed by atoms with Gasteiger partial charge in [0.25, 0.3) is 5.91 Å². The molecule has 0 aliphatic heterocycles. The van der Waals surface area contributed by atoms with Gasteiger partial charge < -0.3 is 21.9 Å². The molecule has 0 aliphatic carbocycles. The molecule has 170 valence electrons. The summed E-state index contributed by atoms with van der Waals surface area (Å²) in [5.41, 5.74) is 22.4. The van der Waals surface area contributed by atoms with E-state index < -0.39 is 17.9 Å². The number of fused-ring (bicyclic) bond motifs is 1. The number of rotatable bonds is 10. The molecule has 2 aromatic heterocycles. The number of carbonyl (C=O) groups is 2. The van der Waals surface area contributed by atoms with Gasteiger partial charge in [0.05, 0.1) is 11.9 Å². The first-order valence-corrected chi connectivity index (χ1v) is 10.1. The van der Waals surface area contributed by atoms with Gasteiger partial charge in [0.2, 0.25) is 5.95 Å². The number of anilines is 2. The third-order valence-electron chi connectivity index (χ3n) is 4.80. The van der Waals surface area contributed by atoms with Gasteiger partial charge in [0.15, 0.2) is 17.0 Å². The lowest BCUT2D eigenvalue weighted by molar-refractivity contribution is -0.139. The summed E-state index contributed by atoms with van der Waals surface area (Å²) in [4.78, 5) is 43.0. The summed E-state index contributed by atoms with van der Waals surface area (Å²) in [5.74, 6) is -1.44. The molecule has 3 rings (SSSR count). The number of hydrogen-bond acceptors (Lipinski definition) is 9. The van der Waals surface area contributed by atoms with Crippen molar-refractivity contribution in [3.8, 4) is 0 Å². The second-order valence-corrected chi connectivity index (χ2v) is 7.16. The minimum Gasteiger partial charge on any atom is -0.480 e. The van der Waals surface area contributed by atoms with Crippen molar-refractivity contribution in [2.75, 3.05) is 18.0 Å². The molecule has 0 saturated carbocycles. The summed E-state index contributed by atoms with van der Waals surface area (Å²) in [7, 11) is 0. The Morgan fingerprint density at radius 3 is 2.61 bits per heavy atom. The van der Waals surface area contributed by atoms with Crippen molar-refractivity contribution in [3.05, 3.63) is 57.7 Å². The zero-order valence-corrected chi connectivity index (χ0v) is 17.5. The first kappa shape index (κ1) is 23.2. The van der Waals surface area contributed by atoms with E-state index in [2.05, 4.69) is 35.3 Å². The highest BCUT2D eigenvalue weighted by Gasteiger charge is 2.20. The molecule has 0 saturated heterocycles. The van der Waals surface area contributed by atoms with Crippen LogP contribution in [0.4, 0.5) is 11.8 Å². The molecule has 3 aromatic rings. The zero-order chi connectivity index (χ0) is 23.8. The van der Waals surface area contributed by atoms with Gasteiger partial charge in [-0.2, -0.15) is 9.97 Å². The molecular weight excluding hydrogens is 428 g/mol. The molecule has 0 spiro atoms. The molecule has 2 heterocycles. The first-order valence-electron chi connectivity index (χ1n) is 10.1. The highest BCUT2D eigenvalue weighted by Crippen LogP contribution is 2.16. The van der Waals surface area contributed by atoms with Crippen LogP contribution in [0.3, 0.4) is 0 Å². The maximum absolute atomic E-state index is 12.4. The Bertz CT molecular complexity index is 1210. The van der Waals surface area contributed by atoms with Gasteiger partial charge in [-0.1, -0.05) is 17.2 Å². The van der Waals surface area contributed by atoms with Crippen LogP contribution in [-0.2, 0) is 17.6 Å². The van der Waals surface area contributed by atoms with Crippen molar-refractivity contribution >= 4 is 34.8 Å². The maximum atomic E-state index is 12.4. The van der Waals surface area contributed by atoms with Gasteiger partial charge >= 0.3 is 5.97 Å². The highest BCUT2D eigenvalue weighted by atomic mass is 16.4. The SMILES string of the molecule is [N-]=[N+]=NCCC[C@H](NC(=O)c1ccc(CCc2cnc3nc(N)nc(N)c3n2)cc1)C(=O)O. The van der Waals surface area contributed by atoms with Crippen molar-refractivity contribution < 1.29 is 14.7 Å². The van der Waals surface area contributed by atoms with Crippen LogP contribution >= 0.6 is 0 Å². The average Bonchev–Trinajstić information content (AvgIpc) is 2.80. The monoisotopic (exact) mass is 450 g/mol. The van der Waals surface area contributed by atoms with Crippen LogP contribution < -0.4 is 16.8 Å². The Morgan fingerprint density at radius 1 is 1.15 bits per heavy atom. The predicted octanol–water partition coefficient (Wildman–Crippen LogP) is 1.64. The predicted molar refractivity (Wildman–Crippen MR) is 120 cm³/mol. The van der Waals surface area contributed by atoms with E-state index in [0.717, 1.165) is 5.56 Å². The second-order valence-electron chi connectivity index (χ2n) is 7.16. The van der Waals surface area contributed by atoms with Crippen molar-refractivity contribution in [2.45, 2.75) is 31.7 Å². The van der Waals surface area contributed by atoms with Gasteiger partial charge in [-0.15, -0.1) is 0 Å². The van der Waals surface area contributed by atoms with Crippen LogP contribution in [0.1, 0.15) is 34.5 Å². The standard InChI is InChI=1S/C20H22N10O3/c21-16-15-17(29-20(22)28-16)24-10-13(26-15)8-5-11-3-6-12(7-4-11)18(31)27-14(19(32)33)2-1-9-25-30-23/h3-4,6-7,10,14H,1-2,5,8-9H2,(H,27,31)(H,32,33)(H4,21,22,24,28,29)/t14-/m0/s1. The van der Waals surface area contributed by atoms with Crippen LogP contribution in [-0.4, -0.2) is 49.5 Å². The Labute approximate surface area is 187 Å². The van der Waals surface area contributed by atoms with Gasteiger partial charge in [-0.25, -0.2) is 14.8 Å². The molecule has 1 amide bonds. The van der Waals surface area contributed by atoms with Crippen molar-refractivity contribution in [1.82, 2.24) is 25.3 Å². The molecule has 1 atom stereocenters. The minimum atomic E-state index is -1.15. The number of carboxylic acid groups (broad SMARTS) is 1. The number of benzene rings is 1. The average molecular weight is 450 g/mol.